The van der Waals surface area contributed by atoms with Crippen molar-refractivity contribution in [2.75, 3.05) is 26.2 Å². The van der Waals surface area contributed by atoms with Crippen molar-refractivity contribution in [1.82, 2.24) is 4.90 Å². The molecule has 1 rings (SSSR count). The van der Waals surface area contributed by atoms with Crippen LogP contribution in [0.4, 0.5) is 0 Å². The Bertz CT molecular complexity index is 250. The van der Waals surface area contributed by atoms with Crippen LogP contribution in [0.3, 0.4) is 0 Å². The summed E-state index contributed by atoms with van der Waals surface area (Å²) >= 11 is 0. The highest BCUT2D eigenvalue weighted by molar-refractivity contribution is 5.72. The Hall–Kier alpha value is -0.830. The van der Waals surface area contributed by atoms with Crippen molar-refractivity contribution in [3.8, 4) is 0 Å². The number of hydrogen-bond acceptors (Lipinski definition) is 3. The molecule has 0 aromatic carbocycles. The molecule has 1 heterocycles. The van der Waals surface area contributed by atoms with Crippen molar-refractivity contribution in [3.05, 3.63) is 12.2 Å². The molecule has 1 fully saturated rings. The van der Waals surface area contributed by atoms with Crippen LogP contribution in [0.1, 0.15) is 33.1 Å². The summed E-state index contributed by atoms with van der Waals surface area (Å²) in [6, 6.07) is 0. The first-order chi connectivity index (χ1) is 7.67. The third-order valence-corrected chi connectivity index (χ3v) is 3.07. The SMILES string of the molecule is C=C(CC)CN1CCC[C@@H](C(=O)OCC)C1. The lowest BCUT2D eigenvalue weighted by atomic mass is 9.97. The first-order valence-corrected chi connectivity index (χ1v) is 6.23. The van der Waals surface area contributed by atoms with Gasteiger partial charge in [-0.25, -0.2) is 0 Å². The molecule has 1 atom stereocenters. The van der Waals surface area contributed by atoms with Crippen molar-refractivity contribution in [1.29, 1.82) is 0 Å². The fourth-order valence-electron chi connectivity index (χ4n) is 2.08. The number of likely N-dealkylation sites (tertiary alicyclic amines) is 1. The molecule has 1 aliphatic heterocycles. The number of carbonyl (C=O) groups excluding carboxylic acids is 1. The second kappa shape index (κ2) is 6.69. The fourth-order valence-corrected chi connectivity index (χ4v) is 2.08. The smallest absolute Gasteiger partial charge is 0.310 e. The van der Waals surface area contributed by atoms with Gasteiger partial charge in [-0.2, -0.15) is 0 Å². The van der Waals surface area contributed by atoms with E-state index >= 15 is 0 Å². The first kappa shape index (κ1) is 13.2. The van der Waals surface area contributed by atoms with Gasteiger partial charge in [0.2, 0.25) is 0 Å². The molecule has 0 aromatic heterocycles. The highest BCUT2D eigenvalue weighted by Crippen LogP contribution is 2.18. The van der Waals surface area contributed by atoms with E-state index < -0.39 is 0 Å². The fraction of sp³-hybridized carbons (Fsp3) is 0.769. The van der Waals surface area contributed by atoms with Crippen LogP contribution in [0.25, 0.3) is 0 Å². The molecule has 0 amide bonds. The molecule has 0 unspecified atom stereocenters. The van der Waals surface area contributed by atoms with Crippen LogP contribution in [0, 0.1) is 5.92 Å². The molecule has 3 heteroatoms. The van der Waals surface area contributed by atoms with Crippen molar-refractivity contribution in [2.24, 2.45) is 5.92 Å². The van der Waals surface area contributed by atoms with E-state index in [1.165, 1.54) is 5.57 Å². The molecule has 0 saturated carbocycles. The van der Waals surface area contributed by atoms with E-state index in [0.717, 1.165) is 38.9 Å². The number of carbonyl (C=O) groups is 1. The number of nitrogens with zero attached hydrogens (tertiary/aromatic N) is 1. The van der Waals surface area contributed by atoms with E-state index in [-0.39, 0.29) is 11.9 Å². The van der Waals surface area contributed by atoms with Crippen LogP contribution in [-0.2, 0) is 9.53 Å². The Morgan fingerprint density at radius 1 is 1.50 bits per heavy atom. The van der Waals surface area contributed by atoms with Gasteiger partial charge in [0.1, 0.15) is 0 Å². The molecule has 16 heavy (non-hydrogen) atoms. The van der Waals surface area contributed by atoms with Crippen molar-refractivity contribution >= 4 is 5.97 Å². The van der Waals surface area contributed by atoms with E-state index in [0.29, 0.717) is 6.61 Å². The summed E-state index contributed by atoms with van der Waals surface area (Å²) in [7, 11) is 0. The van der Waals surface area contributed by atoms with E-state index in [9.17, 15) is 4.79 Å². The molecule has 0 bridgehead atoms. The van der Waals surface area contributed by atoms with Crippen LogP contribution in [0.15, 0.2) is 12.2 Å². The normalized spacial score (nSPS) is 21.8. The van der Waals surface area contributed by atoms with Crippen LogP contribution in [0.2, 0.25) is 0 Å². The van der Waals surface area contributed by atoms with E-state index in [1.54, 1.807) is 0 Å². The Labute approximate surface area is 98.5 Å². The zero-order chi connectivity index (χ0) is 12.0. The molecule has 0 N–H and O–H groups in total. The Morgan fingerprint density at radius 3 is 2.88 bits per heavy atom. The number of ether oxygens (including phenoxy) is 1. The van der Waals surface area contributed by atoms with E-state index in [2.05, 4.69) is 18.4 Å². The van der Waals surface area contributed by atoms with Crippen LogP contribution in [0.5, 0.6) is 0 Å². The van der Waals surface area contributed by atoms with Gasteiger partial charge in [0, 0.05) is 13.1 Å². The molecule has 0 aliphatic carbocycles. The third-order valence-electron chi connectivity index (χ3n) is 3.07. The van der Waals surface area contributed by atoms with Gasteiger partial charge in [0.15, 0.2) is 0 Å². The molecule has 3 nitrogen and oxygen atoms in total. The van der Waals surface area contributed by atoms with Gasteiger partial charge in [0.25, 0.3) is 0 Å². The highest BCUT2D eigenvalue weighted by atomic mass is 16.5. The highest BCUT2D eigenvalue weighted by Gasteiger charge is 2.26. The van der Waals surface area contributed by atoms with Gasteiger partial charge >= 0.3 is 5.97 Å². The summed E-state index contributed by atoms with van der Waals surface area (Å²) < 4.78 is 5.07. The van der Waals surface area contributed by atoms with Gasteiger partial charge in [0.05, 0.1) is 12.5 Å². The van der Waals surface area contributed by atoms with Gasteiger partial charge in [-0.15, -0.1) is 0 Å². The molecular weight excluding hydrogens is 202 g/mol. The third kappa shape index (κ3) is 3.97. The molecule has 1 saturated heterocycles. The second-order valence-corrected chi connectivity index (χ2v) is 4.43. The first-order valence-electron chi connectivity index (χ1n) is 6.23. The summed E-state index contributed by atoms with van der Waals surface area (Å²) in [5.74, 6) is 0.0349. The number of hydrogen-bond donors (Lipinski definition) is 0. The summed E-state index contributed by atoms with van der Waals surface area (Å²) in [5.41, 5.74) is 1.24. The largest absolute Gasteiger partial charge is 0.466 e. The van der Waals surface area contributed by atoms with Crippen molar-refractivity contribution in [2.45, 2.75) is 33.1 Å². The Balaban J connectivity index is 2.40. The maximum atomic E-state index is 11.6. The molecule has 92 valence electrons. The van der Waals surface area contributed by atoms with Gasteiger partial charge in [-0.3, -0.25) is 9.69 Å². The molecule has 0 radical (unpaired) electrons. The van der Waals surface area contributed by atoms with E-state index in [4.69, 9.17) is 4.74 Å². The zero-order valence-electron chi connectivity index (χ0n) is 10.5. The van der Waals surface area contributed by atoms with Crippen molar-refractivity contribution in [3.63, 3.8) is 0 Å². The Morgan fingerprint density at radius 2 is 2.25 bits per heavy atom. The predicted molar refractivity (Wildman–Crippen MR) is 65.2 cm³/mol. The number of rotatable bonds is 5. The number of esters is 1. The summed E-state index contributed by atoms with van der Waals surface area (Å²) in [6.45, 7) is 11.3. The average molecular weight is 225 g/mol. The molecule has 1 aliphatic rings. The topological polar surface area (TPSA) is 29.5 Å². The minimum atomic E-state index is -0.0330. The number of piperidine rings is 1. The minimum Gasteiger partial charge on any atom is -0.466 e. The predicted octanol–water partition coefficient (Wildman–Crippen LogP) is 2.23. The molecule has 0 aromatic rings. The van der Waals surface area contributed by atoms with E-state index in [1.807, 2.05) is 6.92 Å². The molecule has 0 spiro atoms. The van der Waals surface area contributed by atoms with Crippen molar-refractivity contribution < 1.29 is 9.53 Å². The monoisotopic (exact) mass is 225 g/mol. The standard InChI is InChI=1S/C13H23NO2/c1-4-11(3)9-14-8-6-7-12(10-14)13(15)16-5-2/h12H,3-10H2,1-2H3/t12-/m1/s1. The zero-order valence-corrected chi connectivity index (χ0v) is 10.5. The lowest BCUT2D eigenvalue weighted by Gasteiger charge is -2.31. The van der Waals surface area contributed by atoms with Gasteiger partial charge in [-0.05, 0) is 32.7 Å². The van der Waals surface area contributed by atoms with Gasteiger partial charge in [-0.1, -0.05) is 19.1 Å². The summed E-state index contributed by atoms with van der Waals surface area (Å²) in [5, 5.41) is 0. The maximum Gasteiger partial charge on any atom is 0.310 e. The van der Waals surface area contributed by atoms with Crippen LogP contribution < -0.4 is 0 Å². The Kier molecular flexibility index (Phi) is 5.53. The quantitative estimate of drug-likeness (QED) is 0.531. The maximum absolute atomic E-state index is 11.6. The molecular formula is C13H23NO2. The van der Waals surface area contributed by atoms with Gasteiger partial charge < -0.3 is 4.74 Å². The van der Waals surface area contributed by atoms with Crippen LogP contribution in [-0.4, -0.2) is 37.1 Å². The lowest BCUT2D eigenvalue weighted by molar-refractivity contribution is -0.149. The minimum absolute atomic E-state index is 0.0330. The van der Waals surface area contributed by atoms with Crippen LogP contribution >= 0.6 is 0 Å². The summed E-state index contributed by atoms with van der Waals surface area (Å²) in [6.07, 6.45) is 3.06. The lowest BCUT2D eigenvalue weighted by Crippen LogP contribution is -2.40. The average Bonchev–Trinajstić information content (AvgIpc) is 2.29. The summed E-state index contributed by atoms with van der Waals surface area (Å²) in [4.78, 5) is 13.9. The second-order valence-electron chi connectivity index (χ2n) is 4.43.